The smallest absolute Gasteiger partial charge is 0.410 e. The van der Waals surface area contributed by atoms with Crippen molar-refractivity contribution in [2.24, 2.45) is 5.92 Å². The normalized spacial score (nSPS) is 27.4. The number of amides is 4. The molecule has 4 heterocycles. The number of fused-ring (bicyclic) bond motifs is 3. The summed E-state index contributed by atoms with van der Waals surface area (Å²) in [7, 11) is -3.90. The van der Waals surface area contributed by atoms with Gasteiger partial charge in [-0.15, -0.1) is 11.3 Å². The molecule has 3 aliphatic heterocycles. The van der Waals surface area contributed by atoms with Crippen LogP contribution in [0.3, 0.4) is 0 Å². The number of hydrogen-bond donors (Lipinski definition) is 3. The fourth-order valence-corrected chi connectivity index (χ4v) is 9.94. The van der Waals surface area contributed by atoms with Crippen LogP contribution in [0, 0.1) is 11.7 Å². The molecule has 290 valence electrons. The third-order valence-electron chi connectivity index (χ3n) is 11.2. The summed E-state index contributed by atoms with van der Waals surface area (Å²) in [6.45, 7) is 0.0925. The van der Waals surface area contributed by atoms with E-state index in [1.807, 2.05) is 47.9 Å². The summed E-state index contributed by atoms with van der Waals surface area (Å²) in [6.07, 6.45) is 6.83. The van der Waals surface area contributed by atoms with Crippen LogP contribution < -0.4 is 15.4 Å². The molecule has 2 saturated carbocycles. The van der Waals surface area contributed by atoms with Crippen molar-refractivity contribution in [3.8, 4) is 11.3 Å². The minimum Gasteiger partial charge on any atom is -0.444 e. The molecule has 2 aliphatic carbocycles. The zero-order valence-electron chi connectivity index (χ0n) is 30.1. The highest BCUT2D eigenvalue weighted by Gasteiger charge is 2.62. The molecule has 8 rings (SSSR count). The van der Waals surface area contributed by atoms with E-state index in [-0.39, 0.29) is 38.4 Å². The van der Waals surface area contributed by atoms with Gasteiger partial charge in [0.25, 0.3) is 5.91 Å². The second kappa shape index (κ2) is 15.0. The van der Waals surface area contributed by atoms with Crippen LogP contribution in [0.2, 0.25) is 0 Å². The van der Waals surface area contributed by atoms with Crippen LogP contribution in [0.1, 0.15) is 68.9 Å². The number of nitrogens with one attached hydrogen (secondary N) is 3. The Labute approximate surface area is 322 Å². The maximum absolute atomic E-state index is 14.6. The number of benzene rings is 2. The third kappa shape index (κ3) is 7.83. The molecule has 13 nitrogen and oxygen atoms in total. The van der Waals surface area contributed by atoms with E-state index in [2.05, 4.69) is 15.4 Å². The molecular formula is C39H43FN6O7S2. The SMILES string of the molecule is O=C1N[C@]2(C(=O)NS(=O)(=O)C3CC3)C[C@H]2/C=C\CCCCC[C@H](Nc2nc(-c3ccccc3)cs2)C(=O)N2C[C@H](OC(=O)N3Cc4cccc(F)c4C3)C[C@@H]12. The van der Waals surface area contributed by atoms with E-state index in [9.17, 15) is 32.0 Å². The fourth-order valence-electron chi connectivity index (χ4n) is 7.81. The minimum absolute atomic E-state index is 0.0290. The van der Waals surface area contributed by atoms with Gasteiger partial charge in [0.05, 0.1) is 24.0 Å². The van der Waals surface area contributed by atoms with Gasteiger partial charge in [0.2, 0.25) is 21.8 Å². The van der Waals surface area contributed by atoms with Gasteiger partial charge in [-0.1, -0.05) is 67.5 Å². The number of carbonyl (C=O) groups is 4. The number of allylic oxidation sites excluding steroid dienone is 1. The van der Waals surface area contributed by atoms with Gasteiger partial charge in [0.1, 0.15) is 29.5 Å². The first-order valence-corrected chi connectivity index (χ1v) is 21.3. The molecule has 1 saturated heterocycles. The second-order valence-electron chi connectivity index (χ2n) is 15.1. The Kier molecular flexibility index (Phi) is 10.1. The molecule has 55 heavy (non-hydrogen) atoms. The van der Waals surface area contributed by atoms with Gasteiger partial charge in [-0.2, -0.15) is 0 Å². The first-order chi connectivity index (χ1) is 26.5. The van der Waals surface area contributed by atoms with E-state index < -0.39 is 68.6 Å². The van der Waals surface area contributed by atoms with Crippen LogP contribution in [-0.2, 0) is 42.2 Å². The molecule has 0 radical (unpaired) electrons. The highest BCUT2D eigenvalue weighted by molar-refractivity contribution is 7.91. The molecule has 4 amide bonds. The Morgan fingerprint density at radius 1 is 1.02 bits per heavy atom. The number of anilines is 1. The minimum atomic E-state index is -3.90. The Balaban J connectivity index is 1.06. The highest BCUT2D eigenvalue weighted by atomic mass is 32.2. The summed E-state index contributed by atoms with van der Waals surface area (Å²) in [5.74, 6) is -2.69. The van der Waals surface area contributed by atoms with Gasteiger partial charge < -0.3 is 20.3 Å². The number of halogens is 1. The number of sulfonamides is 1. The lowest BCUT2D eigenvalue weighted by molar-refractivity contribution is -0.140. The van der Waals surface area contributed by atoms with Crippen molar-refractivity contribution in [1.82, 2.24) is 24.8 Å². The number of ether oxygens (including phenoxy) is 1. The number of thiazole rings is 1. The zero-order valence-corrected chi connectivity index (χ0v) is 31.7. The summed E-state index contributed by atoms with van der Waals surface area (Å²) in [6, 6.07) is 12.4. The summed E-state index contributed by atoms with van der Waals surface area (Å²) >= 11 is 1.37. The van der Waals surface area contributed by atoms with E-state index in [1.165, 1.54) is 27.2 Å². The predicted molar refractivity (Wildman–Crippen MR) is 202 cm³/mol. The van der Waals surface area contributed by atoms with Crippen molar-refractivity contribution in [2.75, 3.05) is 11.9 Å². The van der Waals surface area contributed by atoms with Crippen LogP contribution in [0.5, 0.6) is 0 Å². The van der Waals surface area contributed by atoms with E-state index in [4.69, 9.17) is 9.72 Å². The summed E-state index contributed by atoms with van der Waals surface area (Å²) < 4.78 is 48.3. The molecule has 0 unspecified atom stereocenters. The van der Waals surface area contributed by atoms with Gasteiger partial charge in [-0.3, -0.25) is 24.0 Å². The molecule has 0 spiro atoms. The van der Waals surface area contributed by atoms with Crippen molar-refractivity contribution in [3.05, 3.63) is 83.0 Å². The molecule has 3 N–H and O–H groups in total. The lowest BCUT2D eigenvalue weighted by Gasteiger charge is -2.29. The van der Waals surface area contributed by atoms with Crippen molar-refractivity contribution in [3.63, 3.8) is 0 Å². The van der Waals surface area contributed by atoms with Crippen LogP contribution in [0.4, 0.5) is 14.3 Å². The van der Waals surface area contributed by atoms with Gasteiger partial charge >= 0.3 is 6.09 Å². The Hall–Kier alpha value is -4.83. The first-order valence-electron chi connectivity index (χ1n) is 18.9. The van der Waals surface area contributed by atoms with E-state index >= 15 is 0 Å². The summed E-state index contributed by atoms with van der Waals surface area (Å²) in [5, 5.41) is 8.00. The zero-order chi connectivity index (χ0) is 38.3. The first kappa shape index (κ1) is 37.1. The van der Waals surface area contributed by atoms with Crippen LogP contribution in [-0.4, -0.2) is 82.5 Å². The van der Waals surface area contributed by atoms with Crippen LogP contribution in [0.15, 0.2) is 66.1 Å². The lowest BCUT2D eigenvalue weighted by atomic mass is 10.1. The van der Waals surface area contributed by atoms with E-state index in [0.717, 1.165) is 30.5 Å². The second-order valence-corrected chi connectivity index (χ2v) is 17.9. The monoisotopic (exact) mass is 790 g/mol. The molecule has 2 aromatic carbocycles. The largest absolute Gasteiger partial charge is 0.444 e. The summed E-state index contributed by atoms with van der Waals surface area (Å²) in [5.41, 5.74) is 1.26. The molecule has 1 aromatic heterocycles. The summed E-state index contributed by atoms with van der Waals surface area (Å²) in [4.78, 5) is 63.7. The number of aromatic nitrogens is 1. The van der Waals surface area contributed by atoms with Gasteiger partial charge in [0, 0.05) is 35.4 Å². The molecule has 5 aliphatic rings. The molecule has 5 atom stereocenters. The Morgan fingerprint density at radius 2 is 1.84 bits per heavy atom. The number of nitrogens with zero attached hydrogens (tertiary/aromatic N) is 3. The van der Waals surface area contributed by atoms with Gasteiger partial charge in [-0.05, 0) is 50.2 Å². The Bertz CT molecular complexity index is 2130. The van der Waals surface area contributed by atoms with Crippen LogP contribution in [0.25, 0.3) is 11.3 Å². The molecular weight excluding hydrogens is 748 g/mol. The number of hydrogen-bond acceptors (Lipinski definition) is 10. The quantitative estimate of drug-likeness (QED) is 0.284. The number of rotatable bonds is 7. The van der Waals surface area contributed by atoms with Crippen LogP contribution >= 0.6 is 11.3 Å². The third-order valence-corrected chi connectivity index (χ3v) is 13.8. The molecule has 3 aromatic rings. The Morgan fingerprint density at radius 3 is 2.62 bits per heavy atom. The topological polar surface area (TPSA) is 167 Å². The van der Waals surface area contributed by atoms with Crippen molar-refractivity contribution < 1.29 is 36.7 Å². The lowest BCUT2D eigenvalue weighted by Crippen LogP contribution is -2.57. The molecule has 0 bridgehead atoms. The molecule has 3 fully saturated rings. The van der Waals surface area contributed by atoms with Gasteiger partial charge in [-0.25, -0.2) is 22.6 Å². The van der Waals surface area contributed by atoms with E-state index in [1.54, 1.807) is 12.1 Å². The number of carbonyl (C=O) groups excluding carboxylic acids is 4. The predicted octanol–water partition coefficient (Wildman–Crippen LogP) is 4.86. The fraction of sp³-hybridized carbons (Fsp3) is 0.462. The van der Waals surface area contributed by atoms with Crippen molar-refractivity contribution in [2.45, 2.75) is 99.9 Å². The maximum atomic E-state index is 14.6. The average Bonchev–Trinajstić information content (AvgIpc) is 3.97. The maximum Gasteiger partial charge on any atom is 0.410 e. The van der Waals surface area contributed by atoms with E-state index in [0.29, 0.717) is 41.9 Å². The van der Waals surface area contributed by atoms with Gasteiger partial charge in [0.15, 0.2) is 5.13 Å². The highest BCUT2D eigenvalue weighted by Crippen LogP contribution is 2.46. The van der Waals surface area contributed by atoms with Crippen molar-refractivity contribution >= 4 is 50.3 Å². The molecule has 16 heteroatoms. The van der Waals surface area contributed by atoms with Crippen molar-refractivity contribution in [1.29, 1.82) is 0 Å². The standard InChI is InChI=1S/C39H43FN6O7S2/c40-30-14-9-12-25-20-45(22-29(25)30)38(50)53-27-18-33-34(47)43-39(36(49)44-55(51,52)28-16-17-28)19-26(39)13-7-2-1-3-8-15-31(35(48)46(33)21-27)41-37-42-32(23-54-37)24-10-5-4-6-11-24/h4-7,9-14,23,26-28,31,33H,1-3,8,15-22H2,(H,41,42)(H,43,47)(H,44,49)/b13-7-/t26-,27-,31+,33+,39-/m1/s1. The average molecular weight is 791 g/mol.